The van der Waals surface area contributed by atoms with Crippen LogP contribution in [0.15, 0.2) is 54.9 Å². The van der Waals surface area contributed by atoms with E-state index in [9.17, 15) is 23.1 Å². The number of nitrogens with one attached hydrogen (secondary N) is 2. The lowest BCUT2D eigenvalue weighted by Crippen LogP contribution is -2.24. The highest BCUT2D eigenvalue weighted by Gasteiger charge is 2.31. The fourth-order valence-electron chi connectivity index (χ4n) is 4.34. The fourth-order valence-corrected chi connectivity index (χ4v) is 4.34. The summed E-state index contributed by atoms with van der Waals surface area (Å²) in [5, 5.41) is 20.3. The summed E-state index contributed by atoms with van der Waals surface area (Å²) >= 11 is 0. The van der Waals surface area contributed by atoms with Crippen molar-refractivity contribution in [3.63, 3.8) is 0 Å². The van der Waals surface area contributed by atoms with Crippen molar-refractivity contribution in [3.8, 4) is 5.82 Å². The highest BCUT2D eigenvalue weighted by atomic mass is 19.4. The summed E-state index contributed by atoms with van der Waals surface area (Å²) in [6, 6.07) is 12.6. The standard InChI is InChI=1S/C30H33F3N6O2/c1-5-25-14-28(36-17-35-25)39-29(8-19(3)38-39)37-26-11-21(7-6-18(26)2)12-27(41)23-9-22(16-34-15-20(4)40)10-24(13-23)30(31,32)33/h6-11,13-14,17,20,34,37,40H,5,12,15-16H2,1-4H3/t20-/m1/s1. The monoisotopic (exact) mass is 566 g/mol. The Morgan fingerprint density at radius 1 is 1.05 bits per heavy atom. The largest absolute Gasteiger partial charge is 0.416 e. The molecule has 0 spiro atoms. The molecule has 216 valence electrons. The van der Waals surface area contributed by atoms with E-state index in [1.54, 1.807) is 17.7 Å². The zero-order valence-corrected chi connectivity index (χ0v) is 23.4. The van der Waals surface area contributed by atoms with Gasteiger partial charge in [0.25, 0.3) is 0 Å². The van der Waals surface area contributed by atoms with Gasteiger partial charge in [-0.3, -0.25) is 4.79 Å². The molecule has 0 bridgehead atoms. The highest BCUT2D eigenvalue weighted by Crippen LogP contribution is 2.31. The van der Waals surface area contributed by atoms with E-state index in [2.05, 4.69) is 25.7 Å². The van der Waals surface area contributed by atoms with Gasteiger partial charge in [-0.2, -0.15) is 23.0 Å². The number of nitrogens with zero attached hydrogens (tertiary/aromatic N) is 4. The molecule has 3 N–H and O–H groups in total. The Balaban J connectivity index is 1.58. The van der Waals surface area contributed by atoms with Crippen LogP contribution in [-0.2, 0) is 25.6 Å². The maximum absolute atomic E-state index is 13.6. The number of anilines is 2. The number of halogens is 3. The average Bonchev–Trinajstić information content (AvgIpc) is 3.29. The van der Waals surface area contributed by atoms with Crippen LogP contribution in [0.3, 0.4) is 0 Å². The zero-order valence-electron chi connectivity index (χ0n) is 23.4. The van der Waals surface area contributed by atoms with Gasteiger partial charge in [-0.15, -0.1) is 0 Å². The summed E-state index contributed by atoms with van der Waals surface area (Å²) < 4.78 is 42.5. The Morgan fingerprint density at radius 3 is 2.54 bits per heavy atom. The summed E-state index contributed by atoms with van der Waals surface area (Å²) in [6.45, 7) is 7.67. The number of carbonyl (C=O) groups excluding carboxylic acids is 1. The first-order chi connectivity index (χ1) is 19.4. The first kappa shape index (κ1) is 29.9. The van der Waals surface area contributed by atoms with E-state index in [1.807, 2.05) is 45.0 Å². The maximum Gasteiger partial charge on any atom is 0.416 e. The van der Waals surface area contributed by atoms with Crippen molar-refractivity contribution in [2.75, 3.05) is 11.9 Å². The van der Waals surface area contributed by atoms with Crippen molar-refractivity contribution in [2.45, 2.75) is 59.4 Å². The second-order valence-electron chi connectivity index (χ2n) is 10.1. The third-order valence-electron chi connectivity index (χ3n) is 6.46. The van der Waals surface area contributed by atoms with Crippen molar-refractivity contribution in [1.82, 2.24) is 25.1 Å². The quantitative estimate of drug-likeness (QED) is 0.206. The molecule has 41 heavy (non-hydrogen) atoms. The first-order valence-electron chi connectivity index (χ1n) is 13.3. The Bertz CT molecular complexity index is 1530. The predicted octanol–water partition coefficient (Wildman–Crippen LogP) is 5.50. The molecule has 0 aliphatic rings. The molecule has 0 aliphatic heterocycles. The predicted molar refractivity (Wildman–Crippen MR) is 151 cm³/mol. The van der Waals surface area contributed by atoms with Crippen LogP contribution in [0, 0.1) is 13.8 Å². The Morgan fingerprint density at radius 2 is 1.83 bits per heavy atom. The number of ketones is 1. The molecule has 4 aromatic rings. The van der Waals surface area contributed by atoms with E-state index in [0.29, 0.717) is 22.8 Å². The van der Waals surface area contributed by atoms with Crippen molar-refractivity contribution in [2.24, 2.45) is 0 Å². The van der Waals surface area contributed by atoms with Crippen LogP contribution in [-0.4, -0.2) is 43.3 Å². The van der Waals surface area contributed by atoms with Gasteiger partial charge in [0.15, 0.2) is 11.6 Å². The van der Waals surface area contributed by atoms with Crippen molar-refractivity contribution >= 4 is 17.3 Å². The molecule has 0 unspecified atom stereocenters. The minimum Gasteiger partial charge on any atom is -0.392 e. The Labute approximate surface area is 236 Å². The summed E-state index contributed by atoms with van der Waals surface area (Å²) in [5.41, 5.74) is 3.35. The summed E-state index contributed by atoms with van der Waals surface area (Å²) in [6.07, 6.45) is -3.09. The molecule has 2 heterocycles. The molecule has 0 saturated carbocycles. The highest BCUT2D eigenvalue weighted by molar-refractivity contribution is 5.98. The number of aliphatic hydroxyl groups excluding tert-OH is 1. The van der Waals surface area contributed by atoms with E-state index in [-0.39, 0.29) is 25.1 Å². The van der Waals surface area contributed by atoms with Gasteiger partial charge >= 0.3 is 6.18 Å². The molecule has 0 fully saturated rings. The van der Waals surface area contributed by atoms with Crippen LogP contribution >= 0.6 is 0 Å². The lowest BCUT2D eigenvalue weighted by atomic mass is 9.97. The number of benzene rings is 2. The number of rotatable bonds is 11. The number of aromatic nitrogens is 4. The molecular formula is C30H33F3N6O2. The maximum atomic E-state index is 13.6. The second kappa shape index (κ2) is 12.6. The van der Waals surface area contributed by atoms with Crippen LogP contribution in [0.1, 0.15) is 57.8 Å². The Kier molecular flexibility index (Phi) is 9.19. The van der Waals surface area contributed by atoms with Crippen LogP contribution in [0.2, 0.25) is 0 Å². The number of alkyl halides is 3. The van der Waals surface area contributed by atoms with Gasteiger partial charge in [0.05, 0.1) is 17.4 Å². The second-order valence-corrected chi connectivity index (χ2v) is 10.1. The van der Waals surface area contributed by atoms with Gasteiger partial charge in [-0.1, -0.05) is 19.1 Å². The average molecular weight is 567 g/mol. The van der Waals surface area contributed by atoms with Gasteiger partial charge in [0, 0.05) is 48.6 Å². The third kappa shape index (κ3) is 7.77. The van der Waals surface area contributed by atoms with E-state index in [4.69, 9.17) is 0 Å². The minimum absolute atomic E-state index is 0.0204. The topological polar surface area (TPSA) is 105 Å². The van der Waals surface area contributed by atoms with Crippen LogP contribution in [0.5, 0.6) is 0 Å². The number of carbonyl (C=O) groups is 1. The Hall–Kier alpha value is -4.09. The summed E-state index contributed by atoms with van der Waals surface area (Å²) in [4.78, 5) is 21.8. The first-order valence-corrected chi connectivity index (χ1v) is 13.3. The lowest BCUT2D eigenvalue weighted by molar-refractivity contribution is -0.137. The van der Waals surface area contributed by atoms with Gasteiger partial charge in [-0.25, -0.2) is 9.97 Å². The van der Waals surface area contributed by atoms with Crippen LogP contribution in [0.25, 0.3) is 5.82 Å². The molecule has 8 nitrogen and oxygen atoms in total. The van der Waals surface area contributed by atoms with E-state index in [1.165, 1.54) is 12.4 Å². The van der Waals surface area contributed by atoms with E-state index in [0.717, 1.165) is 41.2 Å². The normalized spacial score (nSPS) is 12.4. The number of aryl methyl sites for hydroxylation is 3. The van der Waals surface area contributed by atoms with Gasteiger partial charge < -0.3 is 15.7 Å². The molecule has 0 amide bonds. The fraction of sp³-hybridized carbons (Fsp3) is 0.333. The van der Waals surface area contributed by atoms with Crippen molar-refractivity contribution in [3.05, 3.63) is 94.1 Å². The van der Waals surface area contributed by atoms with Gasteiger partial charge in [0.2, 0.25) is 0 Å². The SMILES string of the molecule is CCc1cc(-n2nc(C)cc2Nc2cc(CC(=O)c3cc(CNC[C@@H](C)O)cc(C(F)(F)F)c3)ccc2C)ncn1. The number of Topliss-reactive ketones (excluding diaryl/α,β-unsaturated/α-hetero) is 1. The van der Waals surface area contributed by atoms with Gasteiger partial charge in [0.1, 0.15) is 12.1 Å². The van der Waals surface area contributed by atoms with Crippen LogP contribution < -0.4 is 10.6 Å². The molecule has 2 aromatic heterocycles. The molecule has 11 heteroatoms. The molecule has 1 atom stereocenters. The molecule has 0 radical (unpaired) electrons. The number of aliphatic hydroxyl groups is 1. The lowest BCUT2D eigenvalue weighted by Gasteiger charge is -2.14. The summed E-state index contributed by atoms with van der Waals surface area (Å²) in [5.74, 6) is 0.846. The molecule has 4 rings (SSSR count). The van der Waals surface area contributed by atoms with Gasteiger partial charge in [-0.05, 0) is 68.1 Å². The van der Waals surface area contributed by atoms with E-state index < -0.39 is 23.6 Å². The smallest absolute Gasteiger partial charge is 0.392 e. The summed E-state index contributed by atoms with van der Waals surface area (Å²) in [7, 11) is 0. The molecule has 0 saturated heterocycles. The molecular weight excluding hydrogens is 533 g/mol. The molecule has 2 aromatic carbocycles. The van der Waals surface area contributed by atoms with E-state index >= 15 is 0 Å². The van der Waals surface area contributed by atoms with Crippen molar-refractivity contribution in [1.29, 1.82) is 0 Å². The molecule has 0 aliphatic carbocycles. The minimum atomic E-state index is -4.60. The van der Waals surface area contributed by atoms with Crippen LogP contribution in [0.4, 0.5) is 24.7 Å². The third-order valence-corrected chi connectivity index (χ3v) is 6.46. The number of hydrogen-bond acceptors (Lipinski definition) is 7. The van der Waals surface area contributed by atoms with Crippen molar-refractivity contribution < 1.29 is 23.1 Å². The number of hydrogen-bond donors (Lipinski definition) is 3. The zero-order chi connectivity index (χ0) is 29.7.